The normalized spacial score (nSPS) is 11.7. The van der Waals surface area contributed by atoms with Crippen LogP contribution in [-0.4, -0.2) is 18.4 Å². The molecule has 1 N–H and O–H groups in total. The van der Waals surface area contributed by atoms with E-state index in [9.17, 15) is 5.11 Å². The van der Waals surface area contributed by atoms with Gasteiger partial charge in [0.25, 0.3) is 0 Å². The zero-order valence-corrected chi connectivity index (χ0v) is 12.4. The third-order valence-electron chi connectivity index (χ3n) is 2.98. The van der Waals surface area contributed by atoms with Crippen LogP contribution < -0.4 is 10.6 Å². The molecule has 0 aliphatic rings. The van der Waals surface area contributed by atoms with E-state index >= 15 is 0 Å². The fraction of sp³-hybridized carbons (Fsp3) is 0.188. The molecule has 0 radical (unpaired) electrons. The van der Waals surface area contributed by atoms with E-state index in [4.69, 9.17) is 0 Å². The highest BCUT2D eigenvalue weighted by atomic mass is 31.1. The maximum absolute atomic E-state index is 9.98. The van der Waals surface area contributed by atoms with Crippen molar-refractivity contribution < 1.29 is 5.11 Å². The van der Waals surface area contributed by atoms with Gasteiger partial charge in [-0.1, -0.05) is 38.4 Å². The first-order valence-corrected chi connectivity index (χ1v) is 7.20. The number of hydrogen-bond acceptors (Lipinski definition) is 2. The minimum Gasteiger partial charge on any atom is -0.507 e. The van der Waals surface area contributed by atoms with E-state index in [1.54, 1.807) is 13.1 Å². The Morgan fingerprint density at radius 1 is 1.16 bits per heavy atom. The lowest BCUT2D eigenvalue weighted by Crippen LogP contribution is -2.12. The molecule has 0 heterocycles. The second-order valence-corrected chi connectivity index (χ2v) is 5.86. The van der Waals surface area contributed by atoms with Crippen LogP contribution in [0.1, 0.15) is 16.7 Å². The summed E-state index contributed by atoms with van der Waals surface area (Å²) in [5.74, 6) is 0.367. The Morgan fingerprint density at radius 3 is 2.68 bits per heavy atom. The van der Waals surface area contributed by atoms with Crippen LogP contribution in [0, 0.1) is 13.8 Å². The van der Waals surface area contributed by atoms with Crippen LogP contribution in [0.5, 0.6) is 5.75 Å². The molecular weight excluding hydrogens is 253 g/mol. The molecular formula is C16H18NOP. The van der Waals surface area contributed by atoms with E-state index in [0.717, 1.165) is 10.9 Å². The van der Waals surface area contributed by atoms with Gasteiger partial charge in [-0.05, 0) is 36.8 Å². The van der Waals surface area contributed by atoms with Crippen molar-refractivity contribution in [2.24, 2.45) is 4.99 Å². The predicted molar refractivity (Wildman–Crippen MR) is 85.1 cm³/mol. The van der Waals surface area contributed by atoms with Crippen LogP contribution in [0.3, 0.4) is 0 Å². The first-order valence-electron chi connectivity index (χ1n) is 6.20. The quantitative estimate of drug-likeness (QED) is 0.675. The number of benzene rings is 2. The molecule has 2 rings (SSSR count). The monoisotopic (exact) mass is 271 g/mol. The molecule has 1 unspecified atom stereocenters. The zero-order valence-electron chi connectivity index (χ0n) is 11.4. The summed E-state index contributed by atoms with van der Waals surface area (Å²) in [6, 6.07) is 11.9. The molecule has 0 saturated carbocycles. The highest BCUT2D eigenvalue weighted by Gasteiger charge is 2.08. The SMILES string of the molecule is CN=Cc1cccc(C)c1Pc1cc(C)ccc1O. The van der Waals surface area contributed by atoms with E-state index in [0.29, 0.717) is 14.3 Å². The number of phenols is 1. The van der Waals surface area contributed by atoms with Gasteiger partial charge in [0.05, 0.1) is 0 Å². The summed E-state index contributed by atoms with van der Waals surface area (Å²) in [4.78, 5) is 4.11. The standard InChI is InChI=1S/C16H18NOP/c1-11-7-8-14(18)15(9-11)19-16-12(2)5-4-6-13(16)10-17-3/h4-10,18-19H,1-3H3. The molecule has 2 aromatic rings. The Bertz CT molecular complexity index is 620. The largest absolute Gasteiger partial charge is 0.507 e. The van der Waals surface area contributed by atoms with Crippen LogP contribution in [0.25, 0.3) is 0 Å². The lowest BCUT2D eigenvalue weighted by Gasteiger charge is -2.11. The van der Waals surface area contributed by atoms with Gasteiger partial charge in [-0.25, -0.2) is 0 Å². The summed E-state index contributed by atoms with van der Waals surface area (Å²) in [6.07, 6.45) is 1.88. The smallest absolute Gasteiger partial charge is 0.123 e. The van der Waals surface area contributed by atoms with Gasteiger partial charge in [0, 0.05) is 24.1 Å². The van der Waals surface area contributed by atoms with Gasteiger partial charge in [0.1, 0.15) is 5.75 Å². The lowest BCUT2D eigenvalue weighted by atomic mass is 10.1. The van der Waals surface area contributed by atoms with Crippen molar-refractivity contribution in [3.05, 3.63) is 53.1 Å². The average Bonchev–Trinajstić information content (AvgIpc) is 2.38. The van der Waals surface area contributed by atoms with E-state index in [1.807, 2.05) is 31.3 Å². The molecule has 0 aromatic heterocycles. The lowest BCUT2D eigenvalue weighted by molar-refractivity contribution is 0.479. The minimum absolute atomic E-state index is 0.367. The number of aromatic hydroxyl groups is 1. The van der Waals surface area contributed by atoms with Crippen molar-refractivity contribution >= 4 is 25.4 Å². The molecule has 0 spiro atoms. The highest BCUT2D eigenvalue weighted by Crippen LogP contribution is 2.22. The molecule has 2 nitrogen and oxygen atoms in total. The molecule has 1 atom stereocenters. The van der Waals surface area contributed by atoms with Crippen molar-refractivity contribution in [3.63, 3.8) is 0 Å². The fourth-order valence-corrected chi connectivity index (χ4v) is 3.35. The molecule has 0 saturated heterocycles. The fourth-order valence-electron chi connectivity index (χ4n) is 1.99. The summed E-state index contributed by atoms with van der Waals surface area (Å²) in [5.41, 5.74) is 3.53. The van der Waals surface area contributed by atoms with Crippen molar-refractivity contribution in [1.29, 1.82) is 0 Å². The maximum Gasteiger partial charge on any atom is 0.123 e. The van der Waals surface area contributed by atoms with Crippen molar-refractivity contribution in [2.45, 2.75) is 13.8 Å². The summed E-state index contributed by atoms with van der Waals surface area (Å²) in [6.45, 7) is 4.14. The molecule has 0 aliphatic heterocycles. The molecule has 0 fully saturated rings. The molecule has 0 amide bonds. The van der Waals surface area contributed by atoms with Gasteiger partial charge in [0.15, 0.2) is 0 Å². The number of aryl methyl sites for hydroxylation is 2. The van der Waals surface area contributed by atoms with Gasteiger partial charge in [0.2, 0.25) is 0 Å². The van der Waals surface area contributed by atoms with Gasteiger partial charge < -0.3 is 5.11 Å². The van der Waals surface area contributed by atoms with Gasteiger partial charge in [-0.2, -0.15) is 0 Å². The first-order chi connectivity index (χ1) is 9.11. The topological polar surface area (TPSA) is 32.6 Å². The second-order valence-electron chi connectivity index (χ2n) is 4.57. The number of aliphatic imine (C=N–C) groups is 1. The summed E-state index contributed by atoms with van der Waals surface area (Å²) in [7, 11) is 2.22. The van der Waals surface area contributed by atoms with E-state index in [-0.39, 0.29) is 0 Å². The molecule has 0 aliphatic carbocycles. The Hall–Kier alpha value is -1.66. The van der Waals surface area contributed by atoms with E-state index in [1.165, 1.54) is 16.4 Å². The Kier molecular flexibility index (Phi) is 4.34. The highest BCUT2D eigenvalue weighted by molar-refractivity contribution is 7.56. The maximum atomic E-state index is 9.98. The molecule has 19 heavy (non-hydrogen) atoms. The van der Waals surface area contributed by atoms with Gasteiger partial charge in [-0.3, -0.25) is 4.99 Å². The van der Waals surface area contributed by atoms with E-state index in [2.05, 4.69) is 24.0 Å². The molecule has 0 bridgehead atoms. The second kappa shape index (κ2) is 5.99. The number of nitrogens with zero attached hydrogens (tertiary/aromatic N) is 1. The van der Waals surface area contributed by atoms with Crippen molar-refractivity contribution in [1.82, 2.24) is 0 Å². The van der Waals surface area contributed by atoms with Crippen LogP contribution in [0.4, 0.5) is 0 Å². The van der Waals surface area contributed by atoms with Gasteiger partial charge >= 0.3 is 0 Å². The molecule has 3 heteroatoms. The molecule has 98 valence electrons. The predicted octanol–water partition coefficient (Wildman–Crippen LogP) is 2.69. The van der Waals surface area contributed by atoms with Crippen LogP contribution in [-0.2, 0) is 0 Å². The number of rotatable bonds is 3. The van der Waals surface area contributed by atoms with E-state index < -0.39 is 0 Å². The summed E-state index contributed by atoms with van der Waals surface area (Å²) < 4.78 is 0. The van der Waals surface area contributed by atoms with Crippen molar-refractivity contribution in [2.75, 3.05) is 7.05 Å². The number of hydrogen-bond donors (Lipinski definition) is 1. The van der Waals surface area contributed by atoms with Crippen molar-refractivity contribution in [3.8, 4) is 5.75 Å². The zero-order chi connectivity index (χ0) is 13.8. The minimum atomic E-state index is 0.367. The van der Waals surface area contributed by atoms with Crippen LogP contribution in [0.2, 0.25) is 0 Å². The average molecular weight is 271 g/mol. The Balaban J connectivity index is 2.45. The summed E-state index contributed by atoms with van der Waals surface area (Å²) in [5, 5.41) is 12.2. The van der Waals surface area contributed by atoms with Gasteiger partial charge in [-0.15, -0.1) is 0 Å². The Labute approximate surface area is 116 Å². The molecule has 2 aromatic carbocycles. The summed E-state index contributed by atoms with van der Waals surface area (Å²) >= 11 is 0. The van der Waals surface area contributed by atoms with Crippen LogP contribution in [0.15, 0.2) is 41.4 Å². The van der Waals surface area contributed by atoms with Crippen LogP contribution >= 0.6 is 8.58 Å². The third kappa shape index (κ3) is 3.21. The Morgan fingerprint density at radius 2 is 1.95 bits per heavy atom. The third-order valence-corrected chi connectivity index (χ3v) is 4.59. The number of phenolic OH excluding ortho intramolecular Hbond substituents is 1. The first kappa shape index (κ1) is 13.8.